The zero-order valence-corrected chi connectivity index (χ0v) is 9.34. The third kappa shape index (κ3) is 2.20. The number of ketones is 1. The molecule has 0 saturated heterocycles. The number of nitrogens with one attached hydrogen (secondary N) is 1. The highest BCUT2D eigenvalue weighted by Gasteiger charge is 2.16. The summed E-state index contributed by atoms with van der Waals surface area (Å²) in [6, 6.07) is 6.51. The van der Waals surface area contributed by atoms with Crippen molar-refractivity contribution in [2.75, 3.05) is 5.32 Å². The van der Waals surface area contributed by atoms with E-state index in [1.807, 2.05) is 12.1 Å². The number of hydrogen-bond donors (Lipinski definition) is 1. The van der Waals surface area contributed by atoms with Crippen LogP contribution in [0.3, 0.4) is 0 Å². The fraction of sp³-hybridized carbons (Fsp3) is 0.462. The minimum absolute atomic E-state index is 0.298. The van der Waals surface area contributed by atoms with Crippen molar-refractivity contribution in [3.63, 3.8) is 0 Å². The number of rotatable bonds is 2. The molecular formula is C13H17NO. The summed E-state index contributed by atoms with van der Waals surface area (Å²) in [5.41, 5.74) is 3.26. The van der Waals surface area contributed by atoms with Crippen molar-refractivity contribution in [3.8, 4) is 0 Å². The number of benzene rings is 1. The lowest BCUT2D eigenvalue weighted by Crippen LogP contribution is -2.13. The van der Waals surface area contributed by atoms with Crippen LogP contribution in [0.15, 0.2) is 18.2 Å². The molecule has 0 unspecified atom stereocenters. The van der Waals surface area contributed by atoms with Gasteiger partial charge in [-0.05, 0) is 50.5 Å². The van der Waals surface area contributed by atoms with E-state index in [4.69, 9.17) is 0 Å². The molecule has 0 radical (unpaired) electrons. The highest BCUT2D eigenvalue weighted by molar-refractivity contribution is 5.98. The first-order chi connectivity index (χ1) is 7.16. The maximum atomic E-state index is 11.6. The van der Waals surface area contributed by atoms with Gasteiger partial charge in [-0.15, -0.1) is 0 Å². The Bertz CT molecular complexity index is 382. The second-order valence-corrected chi connectivity index (χ2v) is 4.45. The Morgan fingerprint density at radius 2 is 2.07 bits per heavy atom. The van der Waals surface area contributed by atoms with E-state index in [0.29, 0.717) is 18.2 Å². The van der Waals surface area contributed by atoms with E-state index in [1.165, 1.54) is 5.56 Å². The van der Waals surface area contributed by atoms with Crippen molar-refractivity contribution >= 4 is 11.5 Å². The molecule has 1 N–H and O–H groups in total. The highest BCUT2D eigenvalue weighted by Crippen LogP contribution is 2.24. The summed E-state index contributed by atoms with van der Waals surface area (Å²) in [5, 5.41) is 3.36. The van der Waals surface area contributed by atoms with Gasteiger partial charge in [0.2, 0.25) is 0 Å². The van der Waals surface area contributed by atoms with Gasteiger partial charge in [-0.1, -0.05) is 0 Å². The molecule has 1 aliphatic rings. The maximum absolute atomic E-state index is 11.6. The van der Waals surface area contributed by atoms with Crippen LogP contribution in [0.1, 0.15) is 42.6 Å². The molecule has 0 spiro atoms. The van der Waals surface area contributed by atoms with Crippen molar-refractivity contribution in [1.82, 2.24) is 0 Å². The molecule has 1 aliphatic carbocycles. The zero-order valence-electron chi connectivity index (χ0n) is 9.34. The van der Waals surface area contributed by atoms with Gasteiger partial charge in [-0.2, -0.15) is 0 Å². The molecule has 0 saturated carbocycles. The van der Waals surface area contributed by atoms with Gasteiger partial charge in [0.25, 0.3) is 0 Å². The van der Waals surface area contributed by atoms with Crippen LogP contribution in [0.25, 0.3) is 0 Å². The average Bonchev–Trinajstić information content (AvgIpc) is 2.17. The van der Waals surface area contributed by atoms with Gasteiger partial charge in [0, 0.05) is 23.7 Å². The Balaban J connectivity index is 2.29. The van der Waals surface area contributed by atoms with E-state index in [1.54, 1.807) is 0 Å². The third-order valence-electron chi connectivity index (χ3n) is 2.71. The number of carbonyl (C=O) groups is 1. The zero-order chi connectivity index (χ0) is 10.8. The molecule has 2 rings (SSSR count). The molecule has 0 amide bonds. The quantitative estimate of drug-likeness (QED) is 0.800. The number of hydrogen-bond acceptors (Lipinski definition) is 2. The molecule has 0 atom stereocenters. The number of carbonyl (C=O) groups excluding carboxylic acids is 1. The van der Waals surface area contributed by atoms with Crippen molar-refractivity contribution in [1.29, 1.82) is 0 Å². The fourth-order valence-corrected chi connectivity index (χ4v) is 2.07. The lowest BCUT2D eigenvalue weighted by Gasteiger charge is -2.17. The molecule has 2 heteroatoms. The smallest absolute Gasteiger partial charge is 0.163 e. The topological polar surface area (TPSA) is 29.1 Å². The summed E-state index contributed by atoms with van der Waals surface area (Å²) in [6.45, 7) is 4.23. The summed E-state index contributed by atoms with van der Waals surface area (Å²) < 4.78 is 0. The molecule has 0 fully saturated rings. The lowest BCUT2D eigenvalue weighted by atomic mass is 9.90. The second kappa shape index (κ2) is 4.05. The van der Waals surface area contributed by atoms with Crippen LogP contribution in [0, 0.1) is 0 Å². The molecule has 15 heavy (non-hydrogen) atoms. The van der Waals surface area contributed by atoms with E-state index in [9.17, 15) is 4.79 Å². The first-order valence-electron chi connectivity index (χ1n) is 5.59. The minimum atomic E-state index is 0.298. The summed E-state index contributed by atoms with van der Waals surface area (Å²) in [5.74, 6) is 0.298. The third-order valence-corrected chi connectivity index (χ3v) is 2.71. The molecule has 0 aliphatic heterocycles. The minimum Gasteiger partial charge on any atom is -0.383 e. The molecule has 2 nitrogen and oxygen atoms in total. The van der Waals surface area contributed by atoms with Crippen molar-refractivity contribution in [2.45, 2.75) is 39.2 Å². The average molecular weight is 203 g/mol. The Hall–Kier alpha value is -1.31. The molecule has 0 bridgehead atoms. The Labute approximate surface area is 90.7 Å². The van der Waals surface area contributed by atoms with Gasteiger partial charge in [0.1, 0.15) is 0 Å². The highest BCUT2D eigenvalue weighted by atomic mass is 16.1. The largest absolute Gasteiger partial charge is 0.383 e. The molecule has 0 heterocycles. The van der Waals surface area contributed by atoms with Gasteiger partial charge < -0.3 is 5.32 Å². The Morgan fingerprint density at radius 3 is 2.80 bits per heavy atom. The summed E-state index contributed by atoms with van der Waals surface area (Å²) >= 11 is 0. The van der Waals surface area contributed by atoms with Crippen molar-refractivity contribution < 1.29 is 4.79 Å². The number of fused-ring (bicyclic) bond motifs is 1. The normalized spacial score (nSPS) is 15.3. The van der Waals surface area contributed by atoms with Crippen LogP contribution in [-0.2, 0) is 6.42 Å². The van der Waals surface area contributed by atoms with E-state index in [-0.39, 0.29) is 0 Å². The van der Waals surface area contributed by atoms with E-state index < -0.39 is 0 Å². The number of anilines is 1. The van der Waals surface area contributed by atoms with Crippen LogP contribution >= 0.6 is 0 Å². The van der Waals surface area contributed by atoms with Crippen molar-refractivity contribution in [2.24, 2.45) is 0 Å². The monoisotopic (exact) mass is 203 g/mol. The molecule has 80 valence electrons. The fourth-order valence-electron chi connectivity index (χ4n) is 2.07. The Kier molecular flexibility index (Phi) is 2.76. The maximum Gasteiger partial charge on any atom is 0.163 e. The number of Topliss-reactive ketones (excluding diaryl/α,β-unsaturated/α-hetero) is 1. The van der Waals surface area contributed by atoms with E-state index >= 15 is 0 Å². The predicted molar refractivity (Wildman–Crippen MR) is 62.5 cm³/mol. The summed E-state index contributed by atoms with van der Waals surface area (Å²) in [4.78, 5) is 11.6. The molecule has 0 aromatic heterocycles. The SMILES string of the molecule is CC(C)Nc1ccc2c(c1)CCCC2=O. The lowest BCUT2D eigenvalue weighted by molar-refractivity contribution is 0.0972. The van der Waals surface area contributed by atoms with Gasteiger partial charge >= 0.3 is 0 Å². The van der Waals surface area contributed by atoms with Crippen LogP contribution in [0.5, 0.6) is 0 Å². The standard InChI is InChI=1S/C13H17NO/c1-9(2)14-11-6-7-12-10(8-11)4-3-5-13(12)15/h6-9,14H,3-5H2,1-2H3. The first kappa shape index (κ1) is 10.2. The van der Waals surface area contributed by atoms with Gasteiger partial charge in [-0.3, -0.25) is 4.79 Å². The van der Waals surface area contributed by atoms with E-state index in [2.05, 4.69) is 25.2 Å². The van der Waals surface area contributed by atoms with Gasteiger partial charge in [0.15, 0.2) is 5.78 Å². The van der Waals surface area contributed by atoms with Crippen LogP contribution in [0.4, 0.5) is 5.69 Å². The van der Waals surface area contributed by atoms with Gasteiger partial charge in [-0.25, -0.2) is 0 Å². The molecular weight excluding hydrogens is 186 g/mol. The summed E-state index contributed by atoms with van der Waals surface area (Å²) in [7, 11) is 0. The molecule has 1 aromatic carbocycles. The van der Waals surface area contributed by atoms with Crippen LogP contribution in [0.2, 0.25) is 0 Å². The van der Waals surface area contributed by atoms with E-state index in [0.717, 1.165) is 24.1 Å². The first-order valence-corrected chi connectivity index (χ1v) is 5.59. The van der Waals surface area contributed by atoms with Crippen molar-refractivity contribution in [3.05, 3.63) is 29.3 Å². The Morgan fingerprint density at radius 1 is 1.27 bits per heavy atom. The van der Waals surface area contributed by atoms with Crippen LogP contribution in [-0.4, -0.2) is 11.8 Å². The van der Waals surface area contributed by atoms with Gasteiger partial charge in [0.05, 0.1) is 0 Å². The second-order valence-electron chi connectivity index (χ2n) is 4.45. The van der Waals surface area contributed by atoms with Crippen LogP contribution < -0.4 is 5.32 Å². The summed E-state index contributed by atoms with van der Waals surface area (Å²) in [6.07, 6.45) is 2.75. The number of aryl methyl sites for hydroxylation is 1. The molecule has 1 aromatic rings. The predicted octanol–water partition coefficient (Wildman–Crippen LogP) is 3.03.